The third kappa shape index (κ3) is 5.24. The van der Waals surface area contributed by atoms with E-state index in [0.717, 1.165) is 28.6 Å². The van der Waals surface area contributed by atoms with Gasteiger partial charge in [-0.25, -0.2) is 4.39 Å². The summed E-state index contributed by atoms with van der Waals surface area (Å²) < 4.78 is 24.4. The molecule has 0 saturated heterocycles. The van der Waals surface area contributed by atoms with E-state index in [4.69, 9.17) is 20.8 Å². The highest BCUT2D eigenvalue weighted by atomic mass is 35.5. The van der Waals surface area contributed by atoms with Gasteiger partial charge in [-0.15, -0.1) is 10.2 Å². The molecule has 0 aliphatic heterocycles. The first-order valence-electron chi connectivity index (χ1n) is 8.31. The largest absolute Gasteiger partial charge is 0.483 e. The van der Waals surface area contributed by atoms with Crippen molar-refractivity contribution in [2.75, 3.05) is 11.1 Å². The number of rotatable bonds is 7. The molecule has 3 rings (SSSR count). The molecule has 1 heterocycles. The molecule has 2 aromatic carbocycles. The van der Waals surface area contributed by atoms with Crippen LogP contribution in [0.15, 0.2) is 46.0 Å². The van der Waals surface area contributed by atoms with E-state index in [0.29, 0.717) is 11.6 Å². The number of anilines is 1. The number of para-hydroxylation sites is 1. The van der Waals surface area contributed by atoms with Crippen LogP contribution in [0, 0.1) is 19.7 Å². The topological polar surface area (TPSA) is 77.2 Å². The summed E-state index contributed by atoms with van der Waals surface area (Å²) in [7, 11) is 0. The Hall–Kier alpha value is -2.58. The summed E-state index contributed by atoms with van der Waals surface area (Å²) in [6, 6.07) is 9.85. The number of hydrogen-bond acceptors (Lipinski definition) is 6. The molecule has 0 unspecified atom stereocenters. The third-order valence-electron chi connectivity index (χ3n) is 3.73. The Morgan fingerprint density at radius 1 is 1.25 bits per heavy atom. The summed E-state index contributed by atoms with van der Waals surface area (Å²) in [6.45, 7) is 4.06. The predicted molar refractivity (Wildman–Crippen MR) is 105 cm³/mol. The summed E-state index contributed by atoms with van der Waals surface area (Å²) >= 11 is 6.78. The first kappa shape index (κ1) is 20.2. The molecule has 1 N–H and O–H groups in total. The smallest absolute Gasteiger partial charge is 0.277 e. The van der Waals surface area contributed by atoms with Gasteiger partial charge in [0, 0.05) is 5.69 Å². The van der Waals surface area contributed by atoms with Crippen LogP contribution in [-0.2, 0) is 11.4 Å². The SMILES string of the molecule is Cc1cccc(C)c1OCc1nnc(SCC(=O)Nc2ccc(F)c(Cl)c2)o1. The standard InChI is InChI=1S/C19H17ClFN3O3S/c1-11-4-3-5-12(2)18(11)26-9-17-23-24-19(27-17)28-10-16(25)22-13-6-7-15(21)14(20)8-13/h3-8H,9-10H2,1-2H3,(H,22,25). The number of thioether (sulfide) groups is 1. The van der Waals surface area contributed by atoms with E-state index in [2.05, 4.69) is 15.5 Å². The molecule has 28 heavy (non-hydrogen) atoms. The number of hydrogen-bond donors (Lipinski definition) is 1. The molecule has 6 nitrogen and oxygen atoms in total. The van der Waals surface area contributed by atoms with Gasteiger partial charge in [0.25, 0.3) is 11.1 Å². The molecule has 0 bridgehead atoms. The van der Waals surface area contributed by atoms with E-state index < -0.39 is 5.82 Å². The van der Waals surface area contributed by atoms with Crippen molar-refractivity contribution in [2.24, 2.45) is 0 Å². The fourth-order valence-electron chi connectivity index (χ4n) is 2.41. The van der Waals surface area contributed by atoms with Gasteiger partial charge in [-0.05, 0) is 43.2 Å². The van der Waals surface area contributed by atoms with E-state index in [1.54, 1.807) is 0 Å². The maximum Gasteiger partial charge on any atom is 0.277 e. The Morgan fingerprint density at radius 2 is 2.00 bits per heavy atom. The first-order chi connectivity index (χ1) is 13.4. The van der Waals surface area contributed by atoms with E-state index in [9.17, 15) is 9.18 Å². The minimum atomic E-state index is -0.546. The number of nitrogens with one attached hydrogen (secondary N) is 1. The lowest BCUT2D eigenvalue weighted by atomic mass is 10.1. The molecule has 1 aromatic heterocycles. The molecule has 0 radical (unpaired) electrons. The van der Waals surface area contributed by atoms with Crippen LogP contribution < -0.4 is 10.1 Å². The van der Waals surface area contributed by atoms with Gasteiger partial charge in [-0.2, -0.15) is 0 Å². The van der Waals surface area contributed by atoms with Crippen LogP contribution in [0.5, 0.6) is 5.75 Å². The van der Waals surface area contributed by atoms with Crippen molar-refractivity contribution in [3.63, 3.8) is 0 Å². The second-order valence-electron chi connectivity index (χ2n) is 5.94. The van der Waals surface area contributed by atoms with Gasteiger partial charge in [-0.3, -0.25) is 4.79 Å². The second-order valence-corrected chi connectivity index (χ2v) is 7.27. The molecular weight excluding hydrogens is 405 g/mol. The minimum absolute atomic E-state index is 0.0500. The van der Waals surface area contributed by atoms with Crippen molar-refractivity contribution in [3.8, 4) is 5.75 Å². The third-order valence-corrected chi connectivity index (χ3v) is 4.84. The number of aryl methyl sites for hydroxylation is 2. The average Bonchev–Trinajstić information content (AvgIpc) is 3.11. The monoisotopic (exact) mass is 421 g/mol. The fraction of sp³-hybridized carbons (Fsp3) is 0.211. The lowest BCUT2D eigenvalue weighted by Crippen LogP contribution is -2.14. The zero-order chi connectivity index (χ0) is 20.1. The minimum Gasteiger partial charge on any atom is -0.483 e. The zero-order valence-electron chi connectivity index (χ0n) is 15.2. The van der Waals surface area contributed by atoms with Crippen molar-refractivity contribution in [3.05, 3.63) is 64.3 Å². The highest BCUT2D eigenvalue weighted by Gasteiger charge is 2.12. The van der Waals surface area contributed by atoms with Gasteiger partial charge >= 0.3 is 0 Å². The van der Waals surface area contributed by atoms with Gasteiger partial charge in [0.1, 0.15) is 11.6 Å². The van der Waals surface area contributed by atoms with Crippen LogP contribution in [0.4, 0.5) is 10.1 Å². The van der Waals surface area contributed by atoms with Gasteiger partial charge in [0.2, 0.25) is 5.91 Å². The Morgan fingerprint density at radius 3 is 2.71 bits per heavy atom. The van der Waals surface area contributed by atoms with E-state index in [1.165, 1.54) is 18.2 Å². The van der Waals surface area contributed by atoms with Crippen molar-refractivity contribution < 1.29 is 18.3 Å². The Kier molecular flexibility index (Phi) is 6.53. The average molecular weight is 422 g/mol. The predicted octanol–water partition coefficient (Wildman–Crippen LogP) is 4.79. The molecule has 9 heteroatoms. The van der Waals surface area contributed by atoms with Gasteiger partial charge in [0.15, 0.2) is 6.61 Å². The van der Waals surface area contributed by atoms with E-state index >= 15 is 0 Å². The summed E-state index contributed by atoms with van der Waals surface area (Å²) in [5.41, 5.74) is 2.45. The van der Waals surface area contributed by atoms with Crippen LogP contribution in [0.25, 0.3) is 0 Å². The number of carbonyl (C=O) groups is 1. The van der Waals surface area contributed by atoms with E-state index in [1.807, 2.05) is 32.0 Å². The highest BCUT2D eigenvalue weighted by Crippen LogP contribution is 2.24. The number of nitrogens with zero attached hydrogens (tertiary/aromatic N) is 2. The van der Waals surface area contributed by atoms with E-state index in [-0.39, 0.29) is 28.5 Å². The Bertz CT molecular complexity index is 976. The van der Waals surface area contributed by atoms with Gasteiger partial charge < -0.3 is 14.5 Å². The molecule has 0 saturated carbocycles. The molecule has 3 aromatic rings. The number of benzene rings is 2. The highest BCUT2D eigenvalue weighted by molar-refractivity contribution is 7.99. The summed E-state index contributed by atoms with van der Waals surface area (Å²) in [4.78, 5) is 12.0. The summed E-state index contributed by atoms with van der Waals surface area (Å²) in [5.74, 6) is 0.298. The van der Waals surface area contributed by atoms with Gasteiger partial charge in [-0.1, -0.05) is 41.6 Å². The number of ether oxygens (including phenoxy) is 1. The molecule has 1 amide bonds. The van der Waals surface area contributed by atoms with Crippen LogP contribution in [-0.4, -0.2) is 21.9 Å². The lowest BCUT2D eigenvalue weighted by molar-refractivity contribution is -0.113. The molecule has 146 valence electrons. The maximum atomic E-state index is 13.1. The number of aromatic nitrogens is 2. The maximum absolute atomic E-state index is 13.1. The Labute approximate surface area is 170 Å². The van der Waals surface area contributed by atoms with Crippen molar-refractivity contribution in [1.29, 1.82) is 0 Å². The summed E-state index contributed by atoms with van der Waals surface area (Å²) in [5, 5.41) is 10.6. The van der Waals surface area contributed by atoms with Crippen molar-refractivity contribution in [2.45, 2.75) is 25.7 Å². The molecule has 0 atom stereocenters. The first-order valence-corrected chi connectivity index (χ1v) is 9.68. The number of carbonyl (C=O) groups excluding carboxylic acids is 1. The van der Waals surface area contributed by atoms with Crippen molar-refractivity contribution >= 4 is 35.0 Å². The number of amides is 1. The number of halogens is 2. The zero-order valence-corrected chi connectivity index (χ0v) is 16.7. The van der Waals surface area contributed by atoms with Crippen LogP contribution in [0.1, 0.15) is 17.0 Å². The normalized spacial score (nSPS) is 10.7. The molecule has 0 fully saturated rings. The Balaban J connectivity index is 1.50. The van der Waals surface area contributed by atoms with Crippen LogP contribution >= 0.6 is 23.4 Å². The summed E-state index contributed by atoms with van der Waals surface area (Å²) in [6.07, 6.45) is 0. The lowest BCUT2D eigenvalue weighted by Gasteiger charge is -2.09. The second kappa shape index (κ2) is 9.07. The van der Waals surface area contributed by atoms with Crippen LogP contribution in [0.2, 0.25) is 5.02 Å². The van der Waals surface area contributed by atoms with Gasteiger partial charge in [0.05, 0.1) is 10.8 Å². The fourth-order valence-corrected chi connectivity index (χ4v) is 3.17. The van der Waals surface area contributed by atoms with Crippen LogP contribution in [0.3, 0.4) is 0 Å². The van der Waals surface area contributed by atoms with Crippen molar-refractivity contribution in [1.82, 2.24) is 10.2 Å². The molecular formula is C19H17ClFN3O3S. The molecule has 0 aliphatic rings. The quantitative estimate of drug-likeness (QED) is 0.553. The molecule has 0 aliphatic carbocycles. The molecule has 0 spiro atoms.